The quantitative estimate of drug-likeness (QED) is 0.776. The van der Waals surface area contributed by atoms with Gasteiger partial charge in [0.2, 0.25) is 5.91 Å². The van der Waals surface area contributed by atoms with Crippen molar-refractivity contribution in [3.8, 4) is 0 Å². The third-order valence-electron chi connectivity index (χ3n) is 4.26. The van der Waals surface area contributed by atoms with Gasteiger partial charge in [-0.05, 0) is 33.1 Å². The van der Waals surface area contributed by atoms with Crippen LogP contribution in [0.25, 0.3) is 0 Å². The van der Waals surface area contributed by atoms with E-state index < -0.39 is 0 Å². The molecule has 2 rings (SSSR count). The molecule has 0 bridgehead atoms. The molecule has 1 saturated heterocycles. The minimum atomic E-state index is -0.0486. The minimum Gasteiger partial charge on any atom is -0.377 e. The highest BCUT2D eigenvalue weighted by molar-refractivity contribution is 5.78. The van der Waals surface area contributed by atoms with Gasteiger partial charge >= 0.3 is 0 Å². The minimum absolute atomic E-state index is 0.0486. The first-order valence-electron chi connectivity index (χ1n) is 6.76. The SMILES string of the molecule is CC1OCCC1(C)NCC(=O)NC1CCCC1. The van der Waals surface area contributed by atoms with Crippen molar-refractivity contribution in [1.29, 1.82) is 0 Å². The number of carbonyl (C=O) groups is 1. The first kappa shape index (κ1) is 12.8. The molecule has 17 heavy (non-hydrogen) atoms. The number of amides is 1. The molecule has 2 unspecified atom stereocenters. The zero-order valence-electron chi connectivity index (χ0n) is 10.9. The van der Waals surface area contributed by atoms with Crippen LogP contribution in [0.3, 0.4) is 0 Å². The highest BCUT2D eigenvalue weighted by atomic mass is 16.5. The molecule has 1 saturated carbocycles. The van der Waals surface area contributed by atoms with Crippen molar-refractivity contribution in [1.82, 2.24) is 10.6 Å². The fourth-order valence-electron chi connectivity index (χ4n) is 2.70. The Bertz CT molecular complexity index is 277. The largest absolute Gasteiger partial charge is 0.377 e. The molecule has 0 aromatic heterocycles. The Hall–Kier alpha value is -0.610. The van der Waals surface area contributed by atoms with Gasteiger partial charge in [-0.2, -0.15) is 0 Å². The fourth-order valence-corrected chi connectivity index (χ4v) is 2.70. The van der Waals surface area contributed by atoms with Crippen molar-refractivity contribution in [2.75, 3.05) is 13.2 Å². The maximum atomic E-state index is 11.8. The van der Waals surface area contributed by atoms with Crippen LogP contribution in [0.1, 0.15) is 46.0 Å². The highest BCUT2D eigenvalue weighted by Crippen LogP contribution is 2.24. The van der Waals surface area contributed by atoms with Gasteiger partial charge in [-0.3, -0.25) is 4.79 Å². The van der Waals surface area contributed by atoms with Gasteiger partial charge < -0.3 is 15.4 Å². The first-order chi connectivity index (χ1) is 8.10. The highest BCUT2D eigenvalue weighted by Gasteiger charge is 2.36. The number of nitrogens with one attached hydrogen (secondary N) is 2. The van der Waals surface area contributed by atoms with Gasteiger partial charge in [0.15, 0.2) is 0 Å². The summed E-state index contributed by atoms with van der Waals surface area (Å²) >= 11 is 0. The second-order valence-corrected chi connectivity index (χ2v) is 5.58. The van der Waals surface area contributed by atoms with E-state index in [1.807, 2.05) is 0 Å². The lowest BCUT2D eigenvalue weighted by atomic mass is 9.95. The second kappa shape index (κ2) is 5.36. The summed E-state index contributed by atoms with van der Waals surface area (Å²) in [6.45, 7) is 5.39. The van der Waals surface area contributed by atoms with Crippen molar-refractivity contribution >= 4 is 5.91 Å². The van der Waals surface area contributed by atoms with E-state index in [1.54, 1.807) is 0 Å². The number of hydrogen-bond acceptors (Lipinski definition) is 3. The Morgan fingerprint density at radius 2 is 2.12 bits per heavy atom. The van der Waals surface area contributed by atoms with Crippen LogP contribution in [-0.4, -0.2) is 36.7 Å². The molecule has 0 radical (unpaired) electrons. The zero-order valence-corrected chi connectivity index (χ0v) is 10.9. The molecule has 1 aliphatic carbocycles. The van der Waals surface area contributed by atoms with Gasteiger partial charge in [-0.25, -0.2) is 0 Å². The van der Waals surface area contributed by atoms with E-state index in [9.17, 15) is 4.79 Å². The van der Waals surface area contributed by atoms with E-state index in [0.29, 0.717) is 12.6 Å². The van der Waals surface area contributed by atoms with Crippen LogP contribution in [0.5, 0.6) is 0 Å². The van der Waals surface area contributed by atoms with Gasteiger partial charge in [-0.15, -0.1) is 0 Å². The van der Waals surface area contributed by atoms with E-state index >= 15 is 0 Å². The molecule has 4 nitrogen and oxygen atoms in total. The Morgan fingerprint density at radius 3 is 2.71 bits per heavy atom. The van der Waals surface area contributed by atoms with Crippen LogP contribution in [-0.2, 0) is 9.53 Å². The summed E-state index contributed by atoms with van der Waals surface area (Å²) in [5, 5.41) is 6.44. The van der Waals surface area contributed by atoms with Crippen LogP contribution in [0.15, 0.2) is 0 Å². The summed E-state index contributed by atoms with van der Waals surface area (Å²) in [6.07, 6.45) is 5.94. The van der Waals surface area contributed by atoms with Gasteiger partial charge in [-0.1, -0.05) is 12.8 Å². The van der Waals surface area contributed by atoms with Crippen LogP contribution >= 0.6 is 0 Å². The maximum Gasteiger partial charge on any atom is 0.234 e. The van der Waals surface area contributed by atoms with E-state index in [-0.39, 0.29) is 17.6 Å². The average molecular weight is 240 g/mol. The smallest absolute Gasteiger partial charge is 0.234 e. The molecular formula is C13H24N2O2. The molecule has 0 aromatic carbocycles. The fraction of sp³-hybridized carbons (Fsp3) is 0.923. The molecule has 98 valence electrons. The van der Waals surface area contributed by atoms with Crippen LogP contribution < -0.4 is 10.6 Å². The van der Waals surface area contributed by atoms with E-state index in [0.717, 1.165) is 25.9 Å². The predicted molar refractivity (Wildman–Crippen MR) is 66.8 cm³/mol. The molecule has 1 aliphatic heterocycles. The zero-order chi connectivity index (χ0) is 12.3. The Morgan fingerprint density at radius 1 is 1.41 bits per heavy atom. The monoisotopic (exact) mass is 240 g/mol. The molecule has 1 heterocycles. The molecule has 2 aliphatic rings. The summed E-state index contributed by atoms with van der Waals surface area (Å²) in [6, 6.07) is 0.411. The normalized spacial score (nSPS) is 34.1. The molecule has 2 N–H and O–H groups in total. The summed E-state index contributed by atoms with van der Waals surface area (Å²) < 4.78 is 5.54. The van der Waals surface area contributed by atoms with Crippen LogP contribution in [0.2, 0.25) is 0 Å². The van der Waals surface area contributed by atoms with Crippen molar-refractivity contribution in [2.24, 2.45) is 0 Å². The van der Waals surface area contributed by atoms with Gasteiger partial charge in [0.05, 0.1) is 12.6 Å². The average Bonchev–Trinajstić information content (AvgIpc) is 2.89. The molecular weight excluding hydrogens is 216 g/mol. The van der Waals surface area contributed by atoms with Crippen molar-refractivity contribution in [3.05, 3.63) is 0 Å². The number of carbonyl (C=O) groups excluding carboxylic acids is 1. The molecule has 0 aromatic rings. The lowest BCUT2D eigenvalue weighted by Crippen LogP contribution is -2.52. The number of ether oxygens (including phenoxy) is 1. The Labute approximate surface area is 103 Å². The van der Waals surface area contributed by atoms with Gasteiger partial charge in [0.25, 0.3) is 0 Å². The lowest BCUT2D eigenvalue weighted by molar-refractivity contribution is -0.121. The van der Waals surface area contributed by atoms with Crippen LogP contribution in [0.4, 0.5) is 0 Å². The second-order valence-electron chi connectivity index (χ2n) is 5.58. The van der Waals surface area contributed by atoms with Crippen LogP contribution in [0, 0.1) is 0 Å². The topological polar surface area (TPSA) is 50.4 Å². The molecule has 0 spiro atoms. The molecule has 2 fully saturated rings. The number of rotatable bonds is 4. The third kappa shape index (κ3) is 3.19. The van der Waals surface area contributed by atoms with Crippen molar-refractivity contribution < 1.29 is 9.53 Å². The summed E-state index contributed by atoms with van der Waals surface area (Å²) in [5.74, 6) is 0.122. The van der Waals surface area contributed by atoms with Crippen molar-refractivity contribution in [3.63, 3.8) is 0 Å². The van der Waals surface area contributed by atoms with E-state index in [2.05, 4.69) is 24.5 Å². The molecule has 2 atom stereocenters. The van der Waals surface area contributed by atoms with E-state index in [4.69, 9.17) is 4.74 Å². The maximum absolute atomic E-state index is 11.8. The van der Waals surface area contributed by atoms with E-state index in [1.165, 1.54) is 12.8 Å². The summed E-state index contributed by atoms with van der Waals surface area (Å²) in [7, 11) is 0. The standard InChI is InChI=1S/C13H24N2O2/c1-10-13(2,7-8-17-10)14-9-12(16)15-11-5-3-4-6-11/h10-11,14H,3-9H2,1-2H3,(H,15,16). The summed E-state index contributed by atoms with van der Waals surface area (Å²) in [5.41, 5.74) is -0.0486. The summed E-state index contributed by atoms with van der Waals surface area (Å²) in [4.78, 5) is 11.8. The third-order valence-corrected chi connectivity index (χ3v) is 4.26. The van der Waals surface area contributed by atoms with Gasteiger partial charge in [0.1, 0.15) is 0 Å². The van der Waals surface area contributed by atoms with Gasteiger partial charge in [0, 0.05) is 18.2 Å². The predicted octanol–water partition coefficient (Wildman–Crippen LogP) is 1.20. The molecule has 1 amide bonds. The van der Waals surface area contributed by atoms with Crippen molar-refractivity contribution in [2.45, 2.75) is 63.6 Å². The first-order valence-corrected chi connectivity index (χ1v) is 6.76. The number of hydrogen-bond donors (Lipinski definition) is 2. The Balaban J connectivity index is 1.71. The Kier molecular flexibility index (Phi) is 4.05. The lowest BCUT2D eigenvalue weighted by Gasteiger charge is -2.29. The molecule has 4 heteroatoms.